The van der Waals surface area contributed by atoms with E-state index in [1.807, 2.05) is 0 Å². The molecule has 6 heteroatoms. The zero-order valence-electron chi connectivity index (χ0n) is 13.1. The lowest BCUT2D eigenvalue weighted by atomic mass is 10.0. The summed E-state index contributed by atoms with van der Waals surface area (Å²) in [5, 5.41) is 12.6. The second kappa shape index (κ2) is 5.11. The highest BCUT2D eigenvalue weighted by Crippen LogP contribution is 2.26. The second-order valence-corrected chi connectivity index (χ2v) is 6.34. The second-order valence-electron chi connectivity index (χ2n) is 6.34. The molecule has 0 radical (unpaired) electrons. The number of piperazine rings is 1. The van der Waals surface area contributed by atoms with Crippen LogP contribution in [0.2, 0.25) is 0 Å². The van der Waals surface area contributed by atoms with Crippen molar-refractivity contribution in [1.29, 1.82) is 5.26 Å². The zero-order chi connectivity index (χ0) is 15.9. The molecule has 1 saturated heterocycles. The smallest absolute Gasteiger partial charge is 0.252 e. The monoisotopic (exact) mass is 297 g/mol. The van der Waals surface area contributed by atoms with E-state index in [9.17, 15) is 4.79 Å². The molecule has 0 spiro atoms. The van der Waals surface area contributed by atoms with Crippen LogP contribution in [-0.2, 0) is 7.05 Å². The molecule has 1 fully saturated rings. The van der Waals surface area contributed by atoms with Gasteiger partial charge >= 0.3 is 0 Å². The highest BCUT2D eigenvalue weighted by Gasteiger charge is 2.27. The third-order valence-electron chi connectivity index (χ3n) is 4.10. The van der Waals surface area contributed by atoms with Crippen LogP contribution >= 0.6 is 0 Å². The Morgan fingerprint density at radius 3 is 2.86 bits per heavy atom. The Labute approximate surface area is 129 Å². The molecule has 0 aliphatic carbocycles. The van der Waals surface area contributed by atoms with Gasteiger partial charge in [0.25, 0.3) is 5.56 Å². The number of aromatic nitrogens is 2. The average Bonchev–Trinajstić information content (AvgIpc) is 2.49. The number of anilines is 1. The minimum atomic E-state index is -0.0645. The van der Waals surface area contributed by atoms with Crippen molar-refractivity contribution < 1.29 is 0 Å². The van der Waals surface area contributed by atoms with Crippen LogP contribution in [0.3, 0.4) is 0 Å². The molecule has 1 aliphatic rings. The van der Waals surface area contributed by atoms with Crippen LogP contribution in [0.1, 0.15) is 19.5 Å². The van der Waals surface area contributed by atoms with Crippen LogP contribution < -0.4 is 15.8 Å². The maximum Gasteiger partial charge on any atom is 0.252 e. The largest absolute Gasteiger partial charge is 0.366 e. The van der Waals surface area contributed by atoms with E-state index in [1.165, 1.54) is 0 Å². The Hall–Kier alpha value is -2.39. The van der Waals surface area contributed by atoms with Crippen LogP contribution in [0.5, 0.6) is 0 Å². The number of aryl methyl sites for hydroxylation is 1. The highest BCUT2D eigenvalue weighted by atomic mass is 16.1. The first kappa shape index (κ1) is 14.5. The topological polar surface area (TPSA) is 74.0 Å². The number of nitrogens with one attached hydrogen (secondary N) is 1. The summed E-state index contributed by atoms with van der Waals surface area (Å²) >= 11 is 0. The van der Waals surface area contributed by atoms with E-state index in [0.717, 1.165) is 30.8 Å². The summed E-state index contributed by atoms with van der Waals surface area (Å²) < 4.78 is 1.57. The minimum Gasteiger partial charge on any atom is -0.366 e. The summed E-state index contributed by atoms with van der Waals surface area (Å²) in [6, 6.07) is 7.13. The number of fused-ring (bicyclic) bond motifs is 1. The van der Waals surface area contributed by atoms with E-state index in [-0.39, 0.29) is 11.1 Å². The first-order chi connectivity index (χ1) is 10.4. The van der Waals surface area contributed by atoms with Gasteiger partial charge in [0.1, 0.15) is 17.3 Å². The van der Waals surface area contributed by atoms with Gasteiger partial charge in [0.05, 0.1) is 11.2 Å². The Bertz CT molecular complexity index is 831. The maximum atomic E-state index is 12.2. The molecule has 2 aromatic rings. The average molecular weight is 297 g/mol. The fourth-order valence-electron chi connectivity index (χ4n) is 2.96. The van der Waals surface area contributed by atoms with E-state index in [2.05, 4.69) is 35.1 Å². The van der Waals surface area contributed by atoms with Crippen LogP contribution in [0.15, 0.2) is 23.0 Å². The van der Waals surface area contributed by atoms with E-state index in [0.29, 0.717) is 11.2 Å². The molecule has 2 aromatic heterocycles. The van der Waals surface area contributed by atoms with Crippen molar-refractivity contribution in [3.63, 3.8) is 0 Å². The molecule has 6 nitrogen and oxygen atoms in total. The third kappa shape index (κ3) is 2.44. The predicted molar refractivity (Wildman–Crippen MR) is 86.0 cm³/mol. The maximum absolute atomic E-state index is 12.2. The molecule has 0 unspecified atom stereocenters. The normalized spacial score (nSPS) is 17.5. The Kier molecular flexibility index (Phi) is 3.38. The number of hydrogen-bond acceptors (Lipinski definition) is 5. The number of pyridine rings is 2. The molecule has 22 heavy (non-hydrogen) atoms. The predicted octanol–water partition coefficient (Wildman–Crippen LogP) is 0.993. The summed E-state index contributed by atoms with van der Waals surface area (Å²) in [6.45, 7) is 6.71. The molecule has 3 heterocycles. The van der Waals surface area contributed by atoms with Crippen LogP contribution in [0, 0.1) is 11.3 Å². The quantitative estimate of drug-likeness (QED) is 0.850. The van der Waals surface area contributed by atoms with Gasteiger partial charge in [0.2, 0.25) is 0 Å². The summed E-state index contributed by atoms with van der Waals surface area (Å²) in [5.41, 5.74) is 2.53. The molecule has 0 atom stereocenters. The lowest BCUT2D eigenvalue weighted by molar-refractivity contribution is 0.353. The fraction of sp³-hybridized carbons (Fsp3) is 0.438. The van der Waals surface area contributed by atoms with Crippen molar-refractivity contribution >= 4 is 16.7 Å². The summed E-state index contributed by atoms with van der Waals surface area (Å²) in [6.07, 6.45) is 0. The van der Waals surface area contributed by atoms with Gasteiger partial charge in [-0.05, 0) is 26.0 Å². The third-order valence-corrected chi connectivity index (χ3v) is 4.10. The number of rotatable bonds is 1. The van der Waals surface area contributed by atoms with E-state index in [4.69, 9.17) is 5.26 Å². The first-order valence-electron chi connectivity index (χ1n) is 7.32. The van der Waals surface area contributed by atoms with E-state index in [1.54, 1.807) is 29.8 Å². The Morgan fingerprint density at radius 2 is 2.18 bits per heavy atom. The zero-order valence-corrected chi connectivity index (χ0v) is 13.1. The summed E-state index contributed by atoms with van der Waals surface area (Å²) in [4.78, 5) is 18.9. The molecular formula is C16H19N5O. The van der Waals surface area contributed by atoms with Crippen molar-refractivity contribution in [2.75, 3.05) is 24.5 Å². The summed E-state index contributed by atoms with van der Waals surface area (Å²) in [7, 11) is 1.73. The van der Waals surface area contributed by atoms with Crippen LogP contribution in [-0.4, -0.2) is 34.7 Å². The van der Waals surface area contributed by atoms with Gasteiger partial charge in [-0.1, -0.05) is 0 Å². The molecule has 0 aromatic carbocycles. The molecule has 114 valence electrons. The van der Waals surface area contributed by atoms with Gasteiger partial charge in [0, 0.05) is 38.3 Å². The Morgan fingerprint density at radius 1 is 1.41 bits per heavy atom. The highest BCUT2D eigenvalue weighted by molar-refractivity contribution is 5.88. The van der Waals surface area contributed by atoms with Crippen molar-refractivity contribution in [2.45, 2.75) is 19.4 Å². The van der Waals surface area contributed by atoms with Gasteiger partial charge in [0.15, 0.2) is 0 Å². The molecule has 0 bridgehead atoms. The number of hydrogen-bond donors (Lipinski definition) is 1. The first-order valence-corrected chi connectivity index (χ1v) is 7.32. The lowest BCUT2D eigenvalue weighted by Crippen LogP contribution is -2.57. The van der Waals surface area contributed by atoms with Crippen LogP contribution in [0.25, 0.3) is 11.0 Å². The van der Waals surface area contributed by atoms with Gasteiger partial charge in [-0.3, -0.25) is 4.79 Å². The van der Waals surface area contributed by atoms with Crippen molar-refractivity contribution in [2.24, 2.45) is 7.05 Å². The molecule has 0 amide bonds. The van der Waals surface area contributed by atoms with Gasteiger partial charge < -0.3 is 14.8 Å². The molecule has 3 rings (SSSR count). The molecule has 1 aliphatic heterocycles. The molecule has 0 saturated carbocycles. The molecule has 1 N–H and O–H groups in total. The SMILES string of the molecule is Cn1c(=O)cc(N2CCNC(C)(C)C2)c2nc(C#N)ccc21. The lowest BCUT2D eigenvalue weighted by Gasteiger charge is -2.40. The van der Waals surface area contributed by atoms with Crippen molar-refractivity contribution in [3.05, 3.63) is 34.2 Å². The number of nitriles is 1. The van der Waals surface area contributed by atoms with Gasteiger partial charge in [-0.2, -0.15) is 5.26 Å². The van der Waals surface area contributed by atoms with E-state index < -0.39 is 0 Å². The van der Waals surface area contributed by atoms with Gasteiger partial charge in [-0.25, -0.2) is 4.98 Å². The van der Waals surface area contributed by atoms with Crippen molar-refractivity contribution in [3.8, 4) is 6.07 Å². The van der Waals surface area contributed by atoms with Crippen LogP contribution in [0.4, 0.5) is 5.69 Å². The fourth-order valence-corrected chi connectivity index (χ4v) is 2.96. The Balaban J connectivity index is 2.22. The standard InChI is InChI=1S/C16H19N5O/c1-16(2)10-21(7-6-18-16)13-8-14(22)20(3)12-5-4-11(9-17)19-15(12)13/h4-5,8,18H,6-7,10H2,1-3H3. The van der Waals surface area contributed by atoms with Crippen molar-refractivity contribution in [1.82, 2.24) is 14.9 Å². The van der Waals surface area contributed by atoms with E-state index >= 15 is 0 Å². The minimum absolute atomic E-state index is 0.0293. The number of nitrogens with zero attached hydrogens (tertiary/aromatic N) is 4. The molecular weight excluding hydrogens is 278 g/mol. The van der Waals surface area contributed by atoms with Gasteiger partial charge in [-0.15, -0.1) is 0 Å². The summed E-state index contributed by atoms with van der Waals surface area (Å²) in [5.74, 6) is 0.